The molecule has 0 spiro atoms. The van der Waals surface area contributed by atoms with Gasteiger partial charge in [-0.3, -0.25) is 9.59 Å². The van der Waals surface area contributed by atoms with Gasteiger partial charge in [-0.1, -0.05) is 12.1 Å². The van der Waals surface area contributed by atoms with Gasteiger partial charge >= 0.3 is 5.97 Å². The minimum atomic E-state index is -0.569. The van der Waals surface area contributed by atoms with Crippen molar-refractivity contribution in [2.24, 2.45) is 0 Å². The Kier molecular flexibility index (Phi) is 4.60. The molecule has 35 heavy (non-hydrogen) atoms. The van der Waals surface area contributed by atoms with Crippen LogP contribution in [0.15, 0.2) is 57.9 Å². The number of benzene rings is 3. The average molecular weight is 474 g/mol. The van der Waals surface area contributed by atoms with Gasteiger partial charge in [0.15, 0.2) is 11.5 Å². The van der Waals surface area contributed by atoms with E-state index in [1.54, 1.807) is 24.3 Å². The number of phenolic OH excluding ortho intramolecular Hbond substituents is 2. The van der Waals surface area contributed by atoms with E-state index in [1.807, 2.05) is 0 Å². The first-order valence-electron chi connectivity index (χ1n) is 10.7. The van der Waals surface area contributed by atoms with Crippen LogP contribution in [0.3, 0.4) is 0 Å². The average Bonchev–Trinajstić information content (AvgIpc) is 3.32. The summed E-state index contributed by atoms with van der Waals surface area (Å²) in [4.78, 5) is 25.9. The molecular weight excluding hydrogens is 456 g/mol. The Balaban J connectivity index is 1.59. The van der Waals surface area contributed by atoms with Crippen LogP contribution >= 0.6 is 0 Å². The third-order valence-corrected chi connectivity index (χ3v) is 6.23. The number of hydrogen-bond donors (Lipinski definition) is 2. The summed E-state index contributed by atoms with van der Waals surface area (Å²) in [7, 11) is 1.50. The normalized spacial score (nSPS) is 16.1. The lowest BCUT2D eigenvalue weighted by atomic mass is 9.84. The molecule has 9 heteroatoms. The molecule has 1 atom stereocenters. The third kappa shape index (κ3) is 3.23. The van der Waals surface area contributed by atoms with Gasteiger partial charge in [0.05, 0.1) is 19.1 Å². The number of hydrogen-bond acceptors (Lipinski definition) is 9. The third-order valence-electron chi connectivity index (χ3n) is 6.23. The highest BCUT2D eigenvalue weighted by Crippen LogP contribution is 2.49. The fraction of sp³-hybridized carbons (Fsp3) is 0.154. The maximum atomic E-state index is 13.4. The van der Waals surface area contributed by atoms with Crippen LogP contribution in [0.25, 0.3) is 22.1 Å². The van der Waals surface area contributed by atoms with Crippen molar-refractivity contribution in [1.82, 2.24) is 0 Å². The summed E-state index contributed by atoms with van der Waals surface area (Å²) in [6.07, 6.45) is 1.27. The number of phenols is 2. The Bertz CT molecular complexity index is 1570. The molecule has 0 radical (unpaired) electrons. The molecule has 4 aromatic rings. The summed E-state index contributed by atoms with van der Waals surface area (Å²) in [5.74, 6) is 0.100. The predicted octanol–water partition coefficient (Wildman–Crippen LogP) is 4.05. The van der Waals surface area contributed by atoms with Crippen LogP contribution in [-0.2, 0) is 4.79 Å². The molecule has 0 saturated heterocycles. The van der Waals surface area contributed by atoms with Gasteiger partial charge in [-0.05, 0) is 35.4 Å². The fourth-order valence-corrected chi connectivity index (χ4v) is 4.61. The van der Waals surface area contributed by atoms with Crippen molar-refractivity contribution in [3.05, 3.63) is 70.1 Å². The van der Waals surface area contributed by atoms with Crippen molar-refractivity contribution in [2.45, 2.75) is 12.3 Å². The number of aromatic hydroxyl groups is 2. The Labute approximate surface area is 197 Å². The second-order valence-corrected chi connectivity index (χ2v) is 8.22. The van der Waals surface area contributed by atoms with E-state index < -0.39 is 17.3 Å². The molecule has 0 bridgehead atoms. The van der Waals surface area contributed by atoms with Crippen LogP contribution in [0.4, 0.5) is 0 Å². The number of carbonyl (C=O) groups excluding carboxylic acids is 1. The van der Waals surface area contributed by atoms with E-state index in [-0.39, 0.29) is 47.0 Å². The number of fused-ring (bicyclic) bond motifs is 4. The smallest absolute Gasteiger partial charge is 0.312 e. The van der Waals surface area contributed by atoms with Crippen molar-refractivity contribution >= 4 is 16.9 Å². The molecule has 0 aliphatic carbocycles. The Hall–Kier alpha value is -4.66. The van der Waals surface area contributed by atoms with Crippen LogP contribution in [-0.4, -0.2) is 30.1 Å². The monoisotopic (exact) mass is 474 g/mol. The van der Waals surface area contributed by atoms with Gasteiger partial charge in [0.1, 0.15) is 34.5 Å². The number of ether oxygens (including phenoxy) is 4. The molecule has 0 fully saturated rings. The summed E-state index contributed by atoms with van der Waals surface area (Å²) >= 11 is 0. The minimum absolute atomic E-state index is 0.0287. The topological polar surface area (TPSA) is 125 Å². The van der Waals surface area contributed by atoms with Crippen LogP contribution in [0.5, 0.6) is 34.5 Å². The molecule has 3 heterocycles. The number of rotatable bonds is 3. The number of methoxy groups -OCH3 is 1. The molecule has 0 saturated carbocycles. The first-order valence-corrected chi connectivity index (χ1v) is 10.7. The second kappa shape index (κ2) is 7.69. The SMILES string of the molecule is COc1cc([C@H]2CC(=O)Oc3cc(O)c4c(=O)c(-c5ccc(O)cc5)coc4c32)cc2c1OCO2. The molecule has 2 N–H and O–H groups in total. The lowest BCUT2D eigenvalue weighted by Crippen LogP contribution is -2.22. The van der Waals surface area contributed by atoms with Gasteiger partial charge in [0, 0.05) is 17.5 Å². The maximum Gasteiger partial charge on any atom is 0.312 e. The van der Waals surface area contributed by atoms with Gasteiger partial charge in [0.2, 0.25) is 18.0 Å². The Morgan fingerprint density at radius 2 is 1.80 bits per heavy atom. The van der Waals surface area contributed by atoms with Gasteiger partial charge in [-0.25, -0.2) is 0 Å². The maximum absolute atomic E-state index is 13.4. The van der Waals surface area contributed by atoms with E-state index >= 15 is 0 Å². The van der Waals surface area contributed by atoms with Gasteiger partial charge < -0.3 is 33.6 Å². The highest BCUT2D eigenvalue weighted by atomic mass is 16.7. The quantitative estimate of drug-likeness (QED) is 0.334. The highest BCUT2D eigenvalue weighted by molar-refractivity contribution is 5.94. The summed E-state index contributed by atoms with van der Waals surface area (Å²) in [6.45, 7) is 0.0458. The standard InChI is InChI=1S/C26H18O9/c1-31-19-6-13(7-20-25(19)34-11-33-20)15-8-21(29)35-18-9-17(28)23-24(30)16(10-32-26(23)22(15)18)12-2-4-14(27)5-3-12/h2-7,9-10,15,27-28H,8,11H2,1H3/t15-/m1/s1. The van der Waals surface area contributed by atoms with Crippen molar-refractivity contribution in [3.63, 3.8) is 0 Å². The zero-order valence-corrected chi connectivity index (χ0v) is 18.4. The molecule has 3 aromatic carbocycles. The molecule has 176 valence electrons. The minimum Gasteiger partial charge on any atom is -0.508 e. The highest BCUT2D eigenvalue weighted by Gasteiger charge is 2.35. The summed E-state index contributed by atoms with van der Waals surface area (Å²) in [6, 6.07) is 10.8. The van der Waals surface area contributed by atoms with Crippen LogP contribution in [0.1, 0.15) is 23.5 Å². The van der Waals surface area contributed by atoms with Gasteiger partial charge in [-0.15, -0.1) is 0 Å². The Morgan fingerprint density at radius 3 is 2.57 bits per heavy atom. The van der Waals surface area contributed by atoms with Crippen molar-refractivity contribution in [1.29, 1.82) is 0 Å². The zero-order chi connectivity index (χ0) is 24.3. The van der Waals surface area contributed by atoms with Crippen LogP contribution in [0, 0.1) is 0 Å². The van der Waals surface area contributed by atoms with E-state index in [2.05, 4.69) is 0 Å². The first-order chi connectivity index (χ1) is 16.9. The van der Waals surface area contributed by atoms with E-state index in [1.165, 1.54) is 31.6 Å². The molecule has 2 aliphatic heterocycles. The molecule has 0 amide bonds. The van der Waals surface area contributed by atoms with E-state index in [0.717, 1.165) is 0 Å². The van der Waals surface area contributed by atoms with Crippen molar-refractivity contribution in [3.8, 4) is 45.6 Å². The van der Waals surface area contributed by atoms with E-state index in [9.17, 15) is 19.8 Å². The van der Waals surface area contributed by atoms with Crippen molar-refractivity contribution < 1.29 is 38.4 Å². The molecule has 1 aromatic heterocycles. The zero-order valence-electron chi connectivity index (χ0n) is 18.4. The molecular formula is C26H18O9. The van der Waals surface area contributed by atoms with Gasteiger partial charge in [0.25, 0.3) is 0 Å². The second-order valence-electron chi connectivity index (χ2n) is 8.22. The summed E-state index contributed by atoms with van der Waals surface area (Å²) in [5.41, 5.74) is 1.49. The first kappa shape index (κ1) is 20.9. The van der Waals surface area contributed by atoms with Crippen LogP contribution < -0.4 is 24.4 Å². The Morgan fingerprint density at radius 1 is 1.00 bits per heavy atom. The van der Waals surface area contributed by atoms with Crippen molar-refractivity contribution in [2.75, 3.05) is 13.9 Å². The fourth-order valence-electron chi connectivity index (χ4n) is 4.61. The lowest BCUT2D eigenvalue weighted by molar-refractivity contribution is -0.135. The lowest BCUT2D eigenvalue weighted by Gasteiger charge is -2.26. The molecule has 0 unspecified atom stereocenters. The number of carbonyl (C=O) groups is 1. The summed E-state index contributed by atoms with van der Waals surface area (Å²) < 4.78 is 27.8. The largest absolute Gasteiger partial charge is 0.508 e. The molecule has 9 nitrogen and oxygen atoms in total. The predicted molar refractivity (Wildman–Crippen MR) is 122 cm³/mol. The molecule has 2 aliphatic rings. The summed E-state index contributed by atoms with van der Waals surface area (Å²) in [5, 5.41) is 20.3. The molecule has 6 rings (SSSR count). The van der Waals surface area contributed by atoms with E-state index in [0.29, 0.717) is 33.9 Å². The van der Waals surface area contributed by atoms with Crippen LogP contribution in [0.2, 0.25) is 0 Å². The van der Waals surface area contributed by atoms with E-state index in [4.69, 9.17) is 23.4 Å². The van der Waals surface area contributed by atoms with Gasteiger partial charge in [-0.2, -0.15) is 0 Å². The number of esters is 1.